The normalized spacial score (nSPS) is 14.0. The van der Waals surface area contributed by atoms with E-state index in [0.29, 0.717) is 35.8 Å². The molecule has 5 N–H and O–H groups in total. The molecule has 11 heteroatoms. The number of ether oxygens (including phenoxy) is 2. The Labute approximate surface area is 239 Å². The number of aromatic nitrogens is 2. The Kier molecular flexibility index (Phi) is 8.10. The number of pyridine rings is 2. The summed E-state index contributed by atoms with van der Waals surface area (Å²) in [7, 11) is 0. The molecule has 1 amide bonds. The molecule has 0 spiro atoms. The fourth-order valence-corrected chi connectivity index (χ4v) is 4.64. The summed E-state index contributed by atoms with van der Waals surface area (Å²) < 4.78 is 10.8. The molecular weight excluding hydrogens is 524 g/mol. The molecule has 11 nitrogen and oxygen atoms in total. The molecule has 0 aliphatic carbocycles. The summed E-state index contributed by atoms with van der Waals surface area (Å²) in [5.74, 6) is -1.20. The van der Waals surface area contributed by atoms with Gasteiger partial charge >= 0.3 is 11.9 Å². The molecule has 0 fully saturated rings. The molecule has 218 valence electrons. The zero-order chi connectivity index (χ0) is 30.1. The molecular formula is C30H38N6O5. The lowest BCUT2D eigenvalue weighted by Gasteiger charge is -2.25. The molecule has 3 aromatic rings. The van der Waals surface area contributed by atoms with Crippen molar-refractivity contribution < 1.29 is 23.9 Å². The summed E-state index contributed by atoms with van der Waals surface area (Å²) >= 11 is 0. The summed E-state index contributed by atoms with van der Waals surface area (Å²) in [6.45, 7) is 11.8. The van der Waals surface area contributed by atoms with Gasteiger partial charge in [-0.3, -0.25) is 9.59 Å². The highest BCUT2D eigenvalue weighted by molar-refractivity contribution is 5.97. The van der Waals surface area contributed by atoms with E-state index in [1.807, 2.05) is 12.1 Å². The Hall–Kier alpha value is -4.41. The number of hydrogen-bond donors (Lipinski definition) is 3. The van der Waals surface area contributed by atoms with Gasteiger partial charge < -0.3 is 31.2 Å². The number of anilines is 3. The van der Waals surface area contributed by atoms with Gasteiger partial charge in [-0.05, 0) is 83.4 Å². The summed E-state index contributed by atoms with van der Waals surface area (Å²) in [5.41, 5.74) is 15.1. The Bertz CT molecular complexity index is 1470. The monoisotopic (exact) mass is 562 g/mol. The van der Waals surface area contributed by atoms with E-state index in [1.54, 1.807) is 65.9 Å². The van der Waals surface area contributed by atoms with Crippen LogP contribution in [0.5, 0.6) is 0 Å². The van der Waals surface area contributed by atoms with Crippen LogP contribution in [0, 0.1) is 0 Å². The minimum atomic E-state index is -1.02. The molecule has 0 radical (unpaired) electrons. The number of amides is 1. The van der Waals surface area contributed by atoms with Crippen molar-refractivity contribution in [3.05, 3.63) is 53.2 Å². The molecule has 41 heavy (non-hydrogen) atoms. The van der Waals surface area contributed by atoms with Gasteiger partial charge in [-0.2, -0.15) is 0 Å². The third kappa shape index (κ3) is 7.41. The quantitative estimate of drug-likeness (QED) is 0.360. The van der Waals surface area contributed by atoms with Crippen LogP contribution in [0.2, 0.25) is 0 Å². The average molecular weight is 563 g/mol. The van der Waals surface area contributed by atoms with Gasteiger partial charge in [0.15, 0.2) is 5.65 Å². The number of nitrogens with two attached hydrogens (primary N) is 2. The predicted octanol–water partition coefficient (Wildman–Crippen LogP) is 3.88. The van der Waals surface area contributed by atoms with E-state index in [4.69, 9.17) is 20.9 Å². The molecule has 4 rings (SSSR count). The Balaban J connectivity index is 1.46. The van der Waals surface area contributed by atoms with Crippen LogP contribution in [0.3, 0.4) is 0 Å². The smallest absolute Gasteiger partial charge is 0.329 e. The number of nitrogens with zero attached hydrogens (tertiary/aromatic N) is 3. The first-order valence-corrected chi connectivity index (χ1v) is 13.5. The second kappa shape index (κ2) is 11.2. The van der Waals surface area contributed by atoms with Gasteiger partial charge in [0, 0.05) is 54.1 Å². The highest BCUT2D eigenvalue weighted by atomic mass is 16.6. The van der Waals surface area contributed by atoms with Crippen molar-refractivity contribution in [2.75, 3.05) is 16.4 Å². The first-order valence-electron chi connectivity index (χ1n) is 13.5. The highest BCUT2D eigenvalue weighted by Gasteiger charge is 2.29. The number of rotatable bonds is 7. The van der Waals surface area contributed by atoms with Crippen LogP contribution < -0.4 is 21.7 Å². The molecule has 0 saturated carbocycles. The lowest BCUT2D eigenvalue weighted by atomic mass is 10.1. The Morgan fingerprint density at radius 3 is 2.29 bits per heavy atom. The van der Waals surface area contributed by atoms with E-state index < -0.39 is 35.1 Å². The first-order chi connectivity index (χ1) is 19.1. The predicted molar refractivity (Wildman–Crippen MR) is 157 cm³/mol. The van der Waals surface area contributed by atoms with Crippen molar-refractivity contribution >= 4 is 46.1 Å². The maximum Gasteiger partial charge on any atom is 0.329 e. The van der Waals surface area contributed by atoms with Crippen molar-refractivity contribution in [2.45, 2.75) is 84.7 Å². The summed E-state index contributed by atoms with van der Waals surface area (Å²) in [5, 5.41) is 3.53. The lowest BCUT2D eigenvalue weighted by Crippen LogP contribution is -2.44. The molecule has 0 unspecified atom stereocenters. The van der Waals surface area contributed by atoms with Crippen LogP contribution in [-0.2, 0) is 32.2 Å². The van der Waals surface area contributed by atoms with Gasteiger partial charge in [0.25, 0.3) is 5.91 Å². The molecule has 1 aliphatic heterocycles. The second-order valence-corrected chi connectivity index (χ2v) is 12.2. The van der Waals surface area contributed by atoms with Crippen LogP contribution >= 0.6 is 0 Å². The topological polar surface area (TPSA) is 163 Å². The molecule has 3 heterocycles. The van der Waals surface area contributed by atoms with Crippen LogP contribution in [0.25, 0.3) is 11.0 Å². The molecule has 1 atom stereocenters. The minimum Gasteiger partial charge on any atom is -0.460 e. The minimum absolute atomic E-state index is 0.0469. The third-order valence-corrected chi connectivity index (χ3v) is 6.34. The maximum atomic E-state index is 13.1. The molecule has 0 bridgehead atoms. The van der Waals surface area contributed by atoms with Gasteiger partial charge in [0.1, 0.15) is 23.1 Å². The van der Waals surface area contributed by atoms with Gasteiger partial charge in [0.05, 0.1) is 0 Å². The number of benzene rings is 1. The zero-order valence-corrected chi connectivity index (χ0v) is 24.4. The number of hydrogen-bond acceptors (Lipinski definition) is 10. The molecule has 1 aromatic carbocycles. The van der Waals surface area contributed by atoms with E-state index in [1.165, 1.54) is 0 Å². The van der Waals surface area contributed by atoms with E-state index in [0.717, 1.165) is 22.2 Å². The van der Waals surface area contributed by atoms with Crippen molar-refractivity contribution in [3.63, 3.8) is 0 Å². The number of fused-ring (bicyclic) bond motifs is 3. The van der Waals surface area contributed by atoms with Crippen LogP contribution in [0.1, 0.15) is 75.9 Å². The number of nitrogens with one attached hydrogen (secondary N) is 1. The SMILES string of the molecule is CC(C)(C)OC(=O)CC[C@H](NC(=O)c1ccc(N2Cc3cnc4nc(N)cc(N)c4c3C2)cc1)C(=O)OC(C)(C)C. The standard InChI is InChI=1S/C30H38N6O5/c1-29(2,3)40-24(37)12-11-22(28(39)41-30(4,5)6)34-27(38)17-7-9-19(10-8-17)36-15-18-14-33-26-25(20(18)16-36)21(31)13-23(32)35-26/h7-10,13-14,22H,11-12,15-16H2,1-6H3,(H,34,38)(H4,31,32,33,35)/t22-/m0/s1. The third-order valence-electron chi connectivity index (χ3n) is 6.34. The Morgan fingerprint density at radius 1 is 1.00 bits per heavy atom. The number of nitrogen functional groups attached to an aromatic ring is 2. The van der Waals surface area contributed by atoms with Gasteiger partial charge in [-0.25, -0.2) is 14.8 Å². The van der Waals surface area contributed by atoms with E-state index in [-0.39, 0.29) is 12.8 Å². The molecule has 1 aliphatic rings. The fraction of sp³-hybridized carbons (Fsp3) is 0.433. The van der Waals surface area contributed by atoms with Gasteiger partial charge in [0.2, 0.25) is 0 Å². The largest absolute Gasteiger partial charge is 0.460 e. The van der Waals surface area contributed by atoms with E-state index >= 15 is 0 Å². The van der Waals surface area contributed by atoms with Crippen molar-refractivity contribution in [1.82, 2.24) is 15.3 Å². The lowest BCUT2D eigenvalue weighted by molar-refractivity contribution is -0.158. The summed E-state index contributed by atoms with van der Waals surface area (Å²) in [4.78, 5) is 49.2. The van der Waals surface area contributed by atoms with Crippen LogP contribution in [0.15, 0.2) is 36.5 Å². The molecule has 0 saturated heterocycles. The van der Waals surface area contributed by atoms with Gasteiger partial charge in [-0.15, -0.1) is 0 Å². The summed E-state index contributed by atoms with van der Waals surface area (Å²) in [6.07, 6.45) is 1.79. The van der Waals surface area contributed by atoms with Crippen molar-refractivity contribution in [1.29, 1.82) is 0 Å². The van der Waals surface area contributed by atoms with Crippen LogP contribution in [-0.4, -0.2) is 45.1 Å². The maximum absolute atomic E-state index is 13.1. The van der Waals surface area contributed by atoms with Crippen molar-refractivity contribution in [2.24, 2.45) is 0 Å². The van der Waals surface area contributed by atoms with Gasteiger partial charge in [-0.1, -0.05) is 0 Å². The highest BCUT2D eigenvalue weighted by Crippen LogP contribution is 2.35. The molecule has 2 aromatic heterocycles. The average Bonchev–Trinajstić information content (AvgIpc) is 3.28. The second-order valence-electron chi connectivity index (χ2n) is 12.2. The number of esters is 2. The Morgan fingerprint density at radius 2 is 1.66 bits per heavy atom. The summed E-state index contributed by atoms with van der Waals surface area (Å²) in [6, 6.07) is 7.70. The fourth-order valence-electron chi connectivity index (χ4n) is 4.64. The zero-order valence-electron chi connectivity index (χ0n) is 24.4. The van der Waals surface area contributed by atoms with E-state index in [2.05, 4.69) is 20.2 Å². The van der Waals surface area contributed by atoms with Crippen LogP contribution in [0.4, 0.5) is 17.2 Å². The number of carbonyl (C=O) groups is 3. The number of carbonyl (C=O) groups excluding carboxylic acids is 3. The van der Waals surface area contributed by atoms with Crippen molar-refractivity contribution in [3.8, 4) is 0 Å². The van der Waals surface area contributed by atoms with E-state index in [9.17, 15) is 14.4 Å². The first kappa shape index (κ1) is 29.6.